The second-order valence-electron chi connectivity index (χ2n) is 5.90. The quantitative estimate of drug-likeness (QED) is 0.557. The van der Waals surface area contributed by atoms with E-state index in [4.69, 9.17) is 0 Å². The van der Waals surface area contributed by atoms with Crippen molar-refractivity contribution in [2.45, 2.75) is 20.0 Å². The summed E-state index contributed by atoms with van der Waals surface area (Å²) in [5, 5.41) is 11.1. The number of nitrogens with zero attached hydrogens (tertiary/aromatic N) is 3. The van der Waals surface area contributed by atoms with Gasteiger partial charge in [0.25, 0.3) is 0 Å². The summed E-state index contributed by atoms with van der Waals surface area (Å²) in [6.07, 6.45) is 3.89. The van der Waals surface area contributed by atoms with Gasteiger partial charge >= 0.3 is 0 Å². The predicted molar refractivity (Wildman–Crippen MR) is 102 cm³/mol. The first-order valence-electron chi connectivity index (χ1n) is 8.33. The third kappa shape index (κ3) is 4.70. The molecule has 0 aliphatic rings. The first-order chi connectivity index (χ1) is 12.2. The van der Waals surface area contributed by atoms with Crippen molar-refractivity contribution in [3.05, 3.63) is 83.7 Å². The van der Waals surface area contributed by atoms with E-state index in [-0.39, 0.29) is 0 Å². The second kappa shape index (κ2) is 8.15. The van der Waals surface area contributed by atoms with E-state index in [0.29, 0.717) is 6.54 Å². The van der Waals surface area contributed by atoms with Gasteiger partial charge in [-0.3, -0.25) is 4.99 Å². The lowest BCUT2D eigenvalue weighted by Crippen LogP contribution is -2.36. The fourth-order valence-corrected chi connectivity index (χ4v) is 2.59. The lowest BCUT2D eigenvalue weighted by atomic mass is 10.1. The van der Waals surface area contributed by atoms with Crippen LogP contribution in [0.1, 0.15) is 16.7 Å². The Morgan fingerprint density at radius 1 is 1.00 bits per heavy atom. The van der Waals surface area contributed by atoms with E-state index < -0.39 is 0 Å². The molecule has 2 aromatic carbocycles. The van der Waals surface area contributed by atoms with Crippen LogP contribution in [0.15, 0.2) is 72.0 Å². The van der Waals surface area contributed by atoms with Crippen molar-refractivity contribution < 1.29 is 0 Å². The van der Waals surface area contributed by atoms with Gasteiger partial charge in [0.2, 0.25) is 0 Å². The topological polar surface area (TPSA) is 54.2 Å². The number of aliphatic imine (C=N–C) groups is 1. The number of hydrogen-bond donors (Lipinski definition) is 2. The predicted octanol–water partition coefficient (Wildman–Crippen LogP) is 3.05. The molecular formula is C20H23N5. The maximum atomic E-state index is 4.41. The first kappa shape index (κ1) is 16.8. The Hall–Kier alpha value is -3.08. The molecule has 0 atom stereocenters. The summed E-state index contributed by atoms with van der Waals surface area (Å²) < 4.78 is 1.87. The molecular weight excluding hydrogens is 310 g/mol. The summed E-state index contributed by atoms with van der Waals surface area (Å²) in [4.78, 5) is 4.27. The molecule has 3 rings (SSSR count). The monoisotopic (exact) mass is 333 g/mol. The molecule has 1 heterocycles. The molecule has 0 saturated heterocycles. The highest BCUT2D eigenvalue weighted by molar-refractivity contribution is 5.79. The average Bonchev–Trinajstić information content (AvgIpc) is 3.12. The van der Waals surface area contributed by atoms with Crippen molar-refractivity contribution >= 4 is 5.96 Å². The van der Waals surface area contributed by atoms with Crippen molar-refractivity contribution in [2.24, 2.45) is 4.99 Å². The number of hydrogen-bond acceptors (Lipinski definition) is 2. The Kier molecular flexibility index (Phi) is 5.46. The number of rotatable bonds is 5. The van der Waals surface area contributed by atoms with Crippen LogP contribution in [0.25, 0.3) is 5.69 Å². The normalized spacial score (nSPS) is 11.4. The van der Waals surface area contributed by atoms with E-state index in [2.05, 4.69) is 51.9 Å². The summed E-state index contributed by atoms with van der Waals surface area (Å²) in [5.41, 5.74) is 4.65. The summed E-state index contributed by atoms with van der Waals surface area (Å²) in [5.74, 6) is 0.772. The maximum absolute atomic E-state index is 4.41. The largest absolute Gasteiger partial charge is 0.352 e. The lowest BCUT2D eigenvalue weighted by molar-refractivity contribution is 0.808. The van der Waals surface area contributed by atoms with E-state index in [1.54, 1.807) is 7.05 Å². The minimum atomic E-state index is 0.667. The average molecular weight is 333 g/mol. The third-order valence-electron chi connectivity index (χ3n) is 3.88. The molecule has 25 heavy (non-hydrogen) atoms. The van der Waals surface area contributed by atoms with Gasteiger partial charge in [-0.1, -0.05) is 48.0 Å². The van der Waals surface area contributed by atoms with Gasteiger partial charge in [0.15, 0.2) is 5.96 Å². The highest BCUT2D eigenvalue weighted by atomic mass is 15.3. The van der Waals surface area contributed by atoms with E-state index in [0.717, 1.165) is 23.8 Å². The van der Waals surface area contributed by atoms with Crippen LogP contribution in [0, 0.1) is 6.92 Å². The molecule has 0 fully saturated rings. The Bertz CT molecular complexity index is 836. The number of nitrogens with one attached hydrogen (secondary N) is 2. The Morgan fingerprint density at radius 3 is 2.48 bits per heavy atom. The van der Waals surface area contributed by atoms with Gasteiger partial charge in [0.05, 0.1) is 11.9 Å². The van der Waals surface area contributed by atoms with Crippen molar-refractivity contribution in [2.75, 3.05) is 7.05 Å². The molecule has 0 aliphatic heterocycles. The van der Waals surface area contributed by atoms with E-state index in [9.17, 15) is 0 Å². The standard InChI is InChI=1S/C20H23N5/c1-16-7-6-8-17(11-16)12-22-20(21-2)23-13-18-14-24-25(15-18)19-9-4-3-5-10-19/h3-11,14-15H,12-13H2,1-2H3,(H2,21,22,23). The molecule has 0 aliphatic carbocycles. The van der Waals surface area contributed by atoms with Crippen molar-refractivity contribution in [1.29, 1.82) is 0 Å². The van der Waals surface area contributed by atoms with Crippen LogP contribution in [-0.2, 0) is 13.1 Å². The zero-order valence-electron chi connectivity index (χ0n) is 14.6. The summed E-state index contributed by atoms with van der Waals surface area (Å²) >= 11 is 0. The van der Waals surface area contributed by atoms with Crippen LogP contribution < -0.4 is 10.6 Å². The molecule has 1 aromatic heterocycles. The van der Waals surface area contributed by atoms with Gasteiger partial charge in [-0.05, 0) is 24.6 Å². The fraction of sp³-hybridized carbons (Fsp3) is 0.200. The highest BCUT2D eigenvalue weighted by Crippen LogP contribution is 2.07. The molecule has 5 nitrogen and oxygen atoms in total. The van der Waals surface area contributed by atoms with Crippen LogP contribution in [0.4, 0.5) is 0 Å². The van der Waals surface area contributed by atoms with Gasteiger partial charge < -0.3 is 10.6 Å². The van der Waals surface area contributed by atoms with Crippen LogP contribution in [0.5, 0.6) is 0 Å². The number of benzene rings is 2. The summed E-state index contributed by atoms with van der Waals surface area (Å²) in [6.45, 7) is 3.51. The van der Waals surface area contributed by atoms with Gasteiger partial charge in [-0.25, -0.2) is 4.68 Å². The SMILES string of the molecule is CN=C(NCc1cccc(C)c1)NCc1cnn(-c2ccccc2)c1. The Morgan fingerprint density at radius 2 is 1.76 bits per heavy atom. The van der Waals surface area contributed by atoms with Gasteiger partial charge in [0, 0.05) is 31.9 Å². The summed E-state index contributed by atoms with van der Waals surface area (Å²) in [6, 6.07) is 18.5. The van der Waals surface area contributed by atoms with Crippen LogP contribution in [0.3, 0.4) is 0 Å². The zero-order valence-corrected chi connectivity index (χ0v) is 14.6. The number of para-hydroxylation sites is 1. The fourth-order valence-electron chi connectivity index (χ4n) is 2.59. The van der Waals surface area contributed by atoms with Crippen LogP contribution >= 0.6 is 0 Å². The molecule has 0 amide bonds. The molecule has 2 N–H and O–H groups in total. The minimum Gasteiger partial charge on any atom is -0.352 e. The van der Waals surface area contributed by atoms with E-state index in [1.807, 2.05) is 47.4 Å². The Balaban J connectivity index is 1.54. The first-order valence-corrected chi connectivity index (χ1v) is 8.33. The molecule has 5 heteroatoms. The molecule has 3 aromatic rings. The molecule has 0 saturated carbocycles. The minimum absolute atomic E-state index is 0.667. The maximum Gasteiger partial charge on any atom is 0.191 e. The van der Waals surface area contributed by atoms with E-state index >= 15 is 0 Å². The van der Waals surface area contributed by atoms with Crippen molar-refractivity contribution in [3.63, 3.8) is 0 Å². The molecule has 0 spiro atoms. The van der Waals surface area contributed by atoms with Gasteiger partial charge in [-0.15, -0.1) is 0 Å². The lowest BCUT2D eigenvalue weighted by Gasteiger charge is -2.11. The number of guanidine groups is 1. The zero-order chi connectivity index (χ0) is 17.5. The highest BCUT2D eigenvalue weighted by Gasteiger charge is 2.03. The van der Waals surface area contributed by atoms with Crippen molar-refractivity contribution in [3.8, 4) is 5.69 Å². The van der Waals surface area contributed by atoms with Gasteiger partial charge in [-0.2, -0.15) is 5.10 Å². The van der Waals surface area contributed by atoms with Crippen molar-refractivity contribution in [1.82, 2.24) is 20.4 Å². The second-order valence-corrected chi connectivity index (χ2v) is 5.90. The van der Waals surface area contributed by atoms with Crippen LogP contribution in [0.2, 0.25) is 0 Å². The van der Waals surface area contributed by atoms with Crippen LogP contribution in [-0.4, -0.2) is 22.8 Å². The summed E-state index contributed by atoms with van der Waals surface area (Å²) in [7, 11) is 1.78. The molecule has 0 bridgehead atoms. The molecule has 128 valence electrons. The smallest absolute Gasteiger partial charge is 0.191 e. The van der Waals surface area contributed by atoms with Gasteiger partial charge in [0.1, 0.15) is 0 Å². The van der Waals surface area contributed by atoms with E-state index in [1.165, 1.54) is 11.1 Å². The number of aryl methyl sites for hydroxylation is 1. The molecule has 0 radical (unpaired) electrons. The Labute approximate surface area is 148 Å². The third-order valence-corrected chi connectivity index (χ3v) is 3.88. The molecule has 0 unspecified atom stereocenters. The number of aromatic nitrogens is 2.